The van der Waals surface area contributed by atoms with E-state index in [0.717, 1.165) is 22.4 Å². The van der Waals surface area contributed by atoms with Crippen molar-refractivity contribution in [3.8, 4) is 0 Å². The summed E-state index contributed by atoms with van der Waals surface area (Å²) in [6.07, 6.45) is 1.14. The Kier molecular flexibility index (Phi) is 7.66. The van der Waals surface area contributed by atoms with Crippen molar-refractivity contribution in [3.05, 3.63) is 58.9 Å². The van der Waals surface area contributed by atoms with Crippen molar-refractivity contribution < 1.29 is 14.3 Å². The first-order valence-corrected chi connectivity index (χ1v) is 11.4. The molecule has 0 spiro atoms. The molecule has 3 aromatic rings. The van der Waals surface area contributed by atoms with Crippen molar-refractivity contribution in [3.63, 3.8) is 0 Å². The number of thioether (sulfide) groups is 1. The number of ether oxygens (including phenoxy) is 1. The van der Waals surface area contributed by atoms with Gasteiger partial charge in [-0.1, -0.05) is 41.2 Å². The van der Waals surface area contributed by atoms with Gasteiger partial charge in [-0.15, -0.1) is 11.8 Å². The first-order chi connectivity index (χ1) is 14.1. The molecule has 0 saturated heterocycles. The van der Waals surface area contributed by atoms with Crippen LogP contribution in [-0.4, -0.2) is 28.8 Å². The smallest absolute Gasteiger partial charge is 0.326 e. The average molecular weight is 429 g/mol. The summed E-state index contributed by atoms with van der Waals surface area (Å²) in [5, 5.41) is 0. The Hall–Kier alpha value is -2.38. The van der Waals surface area contributed by atoms with Crippen LogP contribution in [-0.2, 0) is 20.9 Å². The number of esters is 1. The van der Waals surface area contributed by atoms with E-state index in [2.05, 4.69) is 36.2 Å². The molecule has 1 amide bonds. The standard InChI is InChI=1S/C22H24N2O3S2/c1-3-27-21(26)15-24-18-7-4-5-8-19(18)29-22(24)23-20(25)9-6-14-28-17-12-10-16(2)11-13-17/h4-5,7-8,10-13H,3,6,9,14-15H2,1-2H3. The predicted molar refractivity (Wildman–Crippen MR) is 118 cm³/mol. The molecule has 0 radical (unpaired) electrons. The molecule has 3 rings (SSSR count). The molecule has 29 heavy (non-hydrogen) atoms. The van der Waals surface area contributed by atoms with Crippen LogP contribution in [0.1, 0.15) is 25.3 Å². The second-order valence-corrected chi connectivity index (χ2v) is 8.69. The average Bonchev–Trinajstić information content (AvgIpc) is 3.04. The molecule has 1 aromatic heterocycles. The Bertz CT molecular complexity index is 1050. The second kappa shape index (κ2) is 10.4. The summed E-state index contributed by atoms with van der Waals surface area (Å²) < 4.78 is 7.81. The first kappa shape index (κ1) is 21.3. The van der Waals surface area contributed by atoms with Crippen LogP contribution in [0.3, 0.4) is 0 Å². The zero-order chi connectivity index (χ0) is 20.6. The molecule has 0 saturated carbocycles. The van der Waals surface area contributed by atoms with Gasteiger partial charge in [-0.3, -0.25) is 9.59 Å². The molecule has 0 atom stereocenters. The quantitative estimate of drug-likeness (QED) is 0.299. The minimum absolute atomic E-state index is 0.0489. The van der Waals surface area contributed by atoms with E-state index in [0.29, 0.717) is 17.8 Å². The lowest BCUT2D eigenvalue weighted by atomic mass is 10.2. The first-order valence-electron chi connectivity index (χ1n) is 9.58. The Morgan fingerprint density at radius 2 is 1.90 bits per heavy atom. The fraction of sp³-hybridized carbons (Fsp3) is 0.318. The number of benzene rings is 2. The summed E-state index contributed by atoms with van der Waals surface area (Å²) >= 11 is 3.15. The molecule has 1 heterocycles. The van der Waals surface area contributed by atoms with Crippen molar-refractivity contribution in [1.82, 2.24) is 4.57 Å². The van der Waals surface area contributed by atoms with Gasteiger partial charge in [0.1, 0.15) is 6.54 Å². The second-order valence-electron chi connectivity index (χ2n) is 6.51. The summed E-state index contributed by atoms with van der Waals surface area (Å²) in [5.41, 5.74) is 2.12. The fourth-order valence-corrected chi connectivity index (χ4v) is 4.70. The van der Waals surface area contributed by atoms with Gasteiger partial charge in [0, 0.05) is 11.3 Å². The highest BCUT2D eigenvalue weighted by atomic mass is 32.2. The Balaban J connectivity index is 1.67. The Morgan fingerprint density at radius 3 is 2.66 bits per heavy atom. The molecule has 7 heteroatoms. The van der Waals surface area contributed by atoms with Crippen LogP contribution in [0, 0.1) is 6.92 Å². The van der Waals surface area contributed by atoms with Crippen LogP contribution < -0.4 is 4.80 Å². The number of nitrogens with zero attached hydrogens (tertiary/aromatic N) is 2. The number of aryl methyl sites for hydroxylation is 1. The van der Waals surface area contributed by atoms with Gasteiger partial charge in [-0.05, 0) is 50.3 Å². The number of para-hydroxylation sites is 1. The highest BCUT2D eigenvalue weighted by Crippen LogP contribution is 2.20. The van der Waals surface area contributed by atoms with Gasteiger partial charge in [-0.25, -0.2) is 0 Å². The number of carbonyl (C=O) groups is 2. The number of fused-ring (bicyclic) bond motifs is 1. The highest BCUT2D eigenvalue weighted by Gasteiger charge is 2.12. The maximum Gasteiger partial charge on any atom is 0.326 e. The molecule has 5 nitrogen and oxygen atoms in total. The number of hydrogen-bond donors (Lipinski definition) is 0. The Morgan fingerprint density at radius 1 is 1.14 bits per heavy atom. The van der Waals surface area contributed by atoms with Gasteiger partial charge < -0.3 is 9.30 Å². The molecule has 0 fully saturated rings. The van der Waals surface area contributed by atoms with Crippen molar-refractivity contribution in [2.24, 2.45) is 4.99 Å². The van der Waals surface area contributed by atoms with Gasteiger partial charge in [0.25, 0.3) is 0 Å². The number of carbonyl (C=O) groups excluding carboxylic acids is 2. The van der Waals surface area contributed by atoms with E-state index in [1.165, 1.54) is 21.8 Å². The lowest BCUT2D eigenvalue weighted by molar-refractivity contribution is -0.143. The zero-order valence-corrected chi connectivity index (χ0v) is 18.2. The van der Waals surface area contributed by atoms with E-state index < -0.39 is 0 Å². The number of rotatable bonds is 8. The third-order valence-electron chi connectivity index (χ3n) is 4.23. The van der Waals surface area contributed by atoms with Crippen molar-refractivity contribution >= 4 is 45.2 Å². The van der Waals surface area contributed by atoms with Crippen LogP contribution in [0.2, 0.25) is 0 Å². The lowest BCUT2D eigenvalue weighted by Crippen LogP contribution is -2.23. The molecule has 0 aliphatic carbocycles. The molecule has 0 aliphatic heterocycles. The van der Waals surface area contributed by atoms with Crippen LogP contribution in [0.5, 0.6) is 0 Å². The van der Waals surface area contributed by atoms with Crippen LogP contribution in [0.25, 0.3) is 10.2 Å². The van der Waals surface area contributed by atoms with E-state index in [-0.39, 0.29) is 18.4 Å². The Labute approximate surface area is 178 Å². The number of amides is 1. The van der Waals surface area contributed by atoms with Crippen molar-refractivity contribution in [1.29, 1.82) is 0 Å². The summed E-state index contributed by atoms with van der Waals surface area (Å²) in [5.74, 6) is 0.359. The summed E-state index contributed by atoms with van der Waals surface area (Å²) in [6.45, 7) is 4.22. The molecule has 0 bridgehead atoms. The van der Waals surface area contributed by atoms with Crippen molar-refractivity contribution in [2.45, 2.75) is 38.1 Å². The molecular weight excluding hydrogens is 404 g/mol. The van der Waals surface area contributed by atoms with Crippen molar-refractivity contribution in [2.75, 3.05) is 12.4 Å². The topological polar surface area (TPSA) is 60.7 Å². The van der Waals surface area contributed by atoms with E-state index in [1.54, 1.807) is 23.3 Å². The zero-order valence-electron chi connectivity index (χ0n) is 16.6. The normalized spacial score (nSPS) is 11.7. The van der Waals surface area contributed by atoms with E-state index in [1.807, 2.05) is 24.3 Å². The minimum atomic E-state index is -0.334. The predicted octanol–water partition coefficient (Wildman–Crippen LogP) is 4.57. The number of aromatic nitrogens is 1. The van der Waals surface area contributed by atoms with E-state index >= 15 is 0 Å². The molecule has 0 unspecified atom stereocenters. The van der Waals surface area contributed by atoms with Gasteiger partial charge in [0.2, 0.25) is 5.91 Å². The number of hydrogen-bond acceptors (Lipinski definition) is 5. The van der Waals surface area contributed by atoms with Gasteiger partial charge in [0.05, 0.1) is 16.8 Å². The maximum atomic E-state index is 12.4. The monoisotopic (exact) mass is 428 g/mol. The third kappa shape index (κ3) is 6.05. The molecule has 152 valence electrons. The minimum Gasteiger partial charge on any atom is -0.465 e. The maximum absolute atomic E-state index is 12.4. The largest absolute Gasteiger partial charge is 0.465 e. The van der Waals surface area contributed by atoms with Gasteiger partial charge in [-0.2, -0.15) is 4.99 Å². The molecule has 2 aromatic carbocycles. The van der Waals surface area contributed by atoms with Crippen LogP contribution in [0.4, 0.5) is 0 Å². The summed E-state index contributed by atoms with van der Waals surface area (Å²) in [6, 6.07) is 16.1. The van der Waals surface area contributed by atoms with Crippen LogP contribution >= 0.6 is 23.1 Å². The molecular formula is C22H24N2O3S2. The SMILES string of the molecule is CCOC(=O)Cn1c(=NC(=O)CCCSc2ccc(C)cc2)sc2ccccc21. The number of thiazole rings is 1. The summed E-state index contributed by atoms with van der Waals surface area (Å²) in [7, 11) is 0. The van der Waals surface area contributed by atoms with E-state index in [9.17, 15) is 9.59 Å². The van der Waals surface area contributed by atoms with E-state index in [4.69, 9.17) is 4.74 Å². The van der Waals surface area contributed by atoms with Gasteiger partial charge >= 0.3 is 5.97 Å². The summed E-state index contributed by atoms with van der Waals surface area (Å²) in [4.78, 5) is 30.4. The lowest BCUT2D eigenvalue weighted by Gasteiger charge is -2.05. The molecule has 0 N–H and O–H groups in total. The van der Waals surface area contributed by atoms with Crippen LogP contribution in [0.15, 0.2) is 58.4 Å². The third-order valence-corrected chi connectivity index (χ3v) is 6.38. The molecule has 0 aliphatic rings. The van der Waals surface area contributed by atoms with Gasteiger partial charge in [0.15, 0.2) is 4.80 Å². The highest BCUT2D eigenvalue weighted by molar-refractivity contribution is 7.99. The fourth-order valence-electron chi connectivity index (χ4n) is 2.81.